The molecule has 0 bridgehead atoms. The molecule has 0 saturated carbocycles. The number of carbonyl (C=O) groups excluding carboxylic acids is 4. The molecule has 2 atom stereocenters. The van der Waals surface area contributed by atoms with Gasteiger partial charge in [-0.2, -0.15) is 0 Å². The molecule has 0 spiro atoms. The molecule has 4 N–H and O–H groups in total. The molecule has 0 amide bonds. The number of rotatable bonds is 22. The monoisotopic (exact) mass is 742 g/mol. The summed E-state index contributed by atoms with van der Waals surface area (Å²) in [5.74, 6) is -2.52. The van der Waals surface area contributed by atoms with E-state index in [1.54, 1.807) is 24.3 Å². The van der Waals surface area contributed by atoms with Crippen molar-refractivity contribution in [2.75, 3.05) is 46.2 Å². The minimum atomic E-state index is -1.28. The van der Waals surface area contributed by atoms with Crippen LogP contribution < -0.4 is 9.47 Å². The van der Waals surface area contributed by atoms with Gasteiger partial charge in [0.1, 0.15) is 57.2 Å². The van der Waals surface area contributed by atoms with E-state index >= 15 is 0 Å². The molecule has 0 aromatic heterocycles. The van der Waals surface area contributed by atoms with Crippen LogP contribution in [-0.4, -0.2) is 109 Å². The van der Waals surface area contributed by atoms with Crippen molar-refractivity contribution in [1.82, 2.24) is 0 Å². The van der Waals surface area contributed by atoms with Crippen LogP contribution in [0.15, 0.2) is 123 Å². The summed E-state index contributed by atoms with van der Waals surface area (Å²) in [6, 6.07) is 18.1. The first-order valence-corrected chi connectivity index (χ1v) is 15.6. The first-order valence-electron chi connectivity index (χ1n) is 15.6. The van der Waals surface area contributed by atoms with E-state index in [1.165, 1.54) is 0 Å². The summed E-state index contributed by atoms with van der Waals surface area (Å²) >= 11 is 0. The highest BCUT2D eigenvalue weighted by Gasteiger charge is 2.35. The molecule has 15 heteroatoms. The number of hydrogen-bond acceptors (Lipinski definition) is 14. The van der Waals surface area contributed by atoms with E-state index in [2.05, 4.69) is 37.6 Å². The SMILES string of the molecule is C=C(CC(O)COc1ccccc1)C(=O)O.C=CC(=O)OCC(CO)(COC(=O)C=C)COC(=O)C=C.C=CC(=O)OCC(O)COc1ccccc1. The Bertz CT molecular complexity index is 1410. The Morgan fingerprint density at radius 3 is 1.30 bits per heavy atom. The number of esters is 4. The number of benzene rings is 2. The molecule has 2 unspecified atom stereocenters. The Morgan fingerprint density at radius 1 is 0.604 bits per heavy atom. The van der Waals surface area contributed by atoms with Gasteiger partial charge in [0.25, 0.3) is 0 Å². The Balaban J connectivity index is 0.000000775. The number of ether oxygens (including phenoxy) is 6. The number of hydrogen-bond donors (Lipinski definition) is 4. The quantitative estimate of drug-likeness (QED) is 0.0774. The van der Waals surface area contributed by atoms with Gasteiger partial charge >= 0.3 is 29.8 Å². The van der Waals surface area contributed by atoms with Crippen molar-refractivity contribution in [3.63, 3.8) is 0 Å². The van der Waals surface area contributed by atoms with Gasteiger partial charge in [-0.3, -0.25) is 0 Å². The van der Waals surface area contributed by atoms with Crippen LogP contribution in [0.3, 0.4) is 0 Å². The Labute approximate surface area is 307 Å². The van der Waals surface area contributed by atoms with Crippen LogP contribution in [0.5, 0.6) is 11.5 Å². The Kier molecular flexibility index (Phi) is 24.5. The minimum Gasteiger partial charge on any atom is -0.491 e. The van der Waals surface area contributed by atoms with Gasteiger partial charge in [0.05, 0.1) is 18.1 Å². The van der Waals surface area contributed by atoms with Gasteiger partial charge < -0.3 is 48.8 Å². The van der Waals surface area contributed by atoms with Crippen LogP contribution in [-0.2, 0) is 42.9 Å². The minimum absolute atomic E-state index is 0.00215. The van der Waals surface area contributed by atoms with Crippen molar-refractivity contribution in [1.29, 1.82) is 0 Å². The molecule has 0 aliphatic carbocycles. The molecule has 0 fully saturated rings. The van der Waals surface area contributed by atoms with Gasteiger partial charge in [0.15, 0.2) is 0 Å². The lowest BCUT2D eigenvalue weighted by molar-refractivity contribution is -0.159. The number of carbonyl (C=O) groups is 5. The molecule has 0 aliphatic heterocycles. The van der Waals surface area contributed by atoms with Crippen LogP contribution in [0.1, 0.15) is 6.42 Å². The summed E-state index contributed by atoms with van der Waals surface area (Å²) in [4.78, 5) is 54.4. The van der Waals surface area contributed by atoms with Gasteiger partial charge in [0, 0.05) is 36.3 Å². The van der Waals surface area contributed by atoms with Gasteiger partial charge in [-0.1, -0.05) is 69.3 Å². The third kappa shape index (κ3) is 23.1. The van der Waals surface area contributed by atoms with E-state index in [9.17, 15) is 39.3 Å². The second-order valence-corrected chi connectivity index (χ2v) is 10.6. The van der Waals surface area contributed by atoms with Crippen molar-refractivity contribution >= 4 is 29.8 Å². The maximum absolute atomic E-state index is 11.1. The fourth-order valence-corrected chi connectivity index (χ4v) is 3.25. The van der Waals surface area contributed by atoms with Gasteiger partial charge in [-0.15, -0.1) is 0 Å². The average Bonchev–Trinajstić information content (AvgIpc) is 3.18. The molecule has 288 valence electrons. The van der Waals surface area contributed by atoms with Crippen LogP contribution in [0.4, 0.5) is 0 Å². The van der Waals surface area contributed by atoms with Crippen molar-refractivity contribution in [2.24, 2.45) is 5.41 Å². The zero-order chi connectivity index (χ0) is 40.1. The highest BCUT2D eigenvalue weighted by molar-refractivity contribution is 5.85. The summed E-state index contributed by atoms with van der Waals surface area (Å²) in [6.07, 6.45) is 2.16. The third-order valence-electron chi connectivity index (χ3n) is 6.14. The van der Waals surface area contributed by atoms with Gasteiger partial charge in [0.2, 0.25) is 0 Å². The average molecular weight is 743 g/mol. The summed E-state index contributed by atoms with van der Waals surface area (Å²) in [6.45, 7) is 14.8. The molecule has 2 aromatic rings. The molecule has 0 aliphatic rings. The first kappa shape index (κ1) is 47.0. The molecule has 2 aromatic carbocycles. The second kappa shape index (κ2) is 27.7. The first-order chi connectivity index (χ1) is 25.2. The van der Waals surface area contributed by atoms with Crippen LogP contribution in [0.25, 0.3) is 0 Å². The van der Waals surface area contributed by atoms with E-state index in [4.69, 9.17) is 28.8 Å². The predicted molar refractivity (Wildman–Crippen MR) is 191 cm³/mol. The molecule has 0 radical (unpaired) electrons. The molecular formula is C38H46O15. The highest BCUT2D eigenvalue weighted by Crippen LogP contribution is 2.20. The lowest BCUT2D eigenvalue weighted by Gasteiger charge is -2.29. The summed E-state index contributed by atoms with van der Waals surface area (Å²) in [5, 5.41) is 36.9. The van der Waals surface area contributed by atoms with Crippen molar-refractivity contribution < 1.29 is 72.8 Å². The zero-order valence-electron chi connectivity index (χ0n) is 29.2. The van der Waals surface area contributed by atoms with E-state index < -0.39 is 54.1 Å². The predicted octanol–water partition coefficient (Wildman–Crippen LogP) is 2.77. The van der Waals surface area contributed by atoms with Crippen LogP contribution in [0.2, 0.25) is 0 Å². The number of aliphatic hydroxyl groups is 3. The number of aliphatic carboxylic acids is 1. The number of aliphatic hydroxyl groups excluding tert-OH is 3. The lowest BCUT2D eigenvalue weighted by Crippen LogP contribution is -2.42. The van der Waals surface area contributed by atoms with Crippen LogP contribution >= 0.6 is 0 Å². The summed E-state index contributed by atoms with van der Waals surface area (Å²) in [7, 11) is 0. The van der Waals surface area contributed by atoms with E-state index in [-0.39, 0.29) is 51.6 Å². The van der Waals surface area contributed by atoms with Crippen molar-refractivity contribution in [3.8, 4) is 11.5 Å². The van der Waals surface area contributed by atoms with Crippen molar-refractivity contribution in [2.45, 2.75) is 18.6 Å². The topological polar surface area (TPSA) is 222 Å². The fraction of sp³-hybridized carbons (Fsp3) is 0.289. The lowest BCUT2D eigenvalue weighted by atomic mass is 9.92. The molecule has 15 nitrogen and oxygen atoms in total. The van der Waals surface area contributed by atoms with Crippen molar-refractivity contribution in [3.05, 3.63) is 123 Å². The Hall–Kier alpha value is -6.03. The van der Waals surface area contributed by atoms with E-state index in [1.807, 2.05) is 36.4 Å². The smallest absolute Gasteiger partial charge is 0.331 e. The van der Waals surface area contributed by atoms with Crippen LogP contribution in [0, 0.1) is 5.41 Å². The molecule has 0 heterocycles. The second-order valence-electron chi connectivity index (χ2n) is 10.6. The normalized spacial score (nSPS) is 11.1. The summed E-state index contributed by atoms with van der Waals surface area (Å²) < 4.78 is 29.7. The van der Waals surface area contributed by atoms with Gasteiger partial charge in [-0.05, 0) is 24.3 Å². The maximum atomic E-state index is 11.1. The zero-order valence-corrected chi connectivity index (χ0v) is 29.2. The molecule has 53 heavy (non-hydrogen) atoms. The maximum Gasteiger partial charge on any atom is 0.331 e. The standard InChI is InChI=1S/C14H18O7.2C12H14O4/c1-4-11(16)19-8-14(7-15,9-20-12(17)5-2)10-21-13(18)6-3;1-9(12(14)15)7-10(13)8-16-11-5-3-2-4-6-11;1-2-12(14)16-9-10(13)8-15-11-6-4-3-5-7-11/h4-6,15H,1-3,7-10H2;2-6,10,13H,1,7-8H2,(H,14,15);2-7,10,13H,1,8-9H2. The third-order valence-corrected chi connectivity index (χ3v) is 6.14. The largest absolute Gasteiger partial charge is 0.491 e. The van der Waals surface area contributed by atoms with E-state index in [0.717, 1.165) is 24.3 Å². The molecule has 0 saturated heterocycles. The molecular weight excluding hydrogens is 696 g/mol. The number of carboxylic acids is 1. The summed E-state index contributed by atoms with van der Waals surface area (Å²) in [5.41, 5.74) is -1.31. The molecule has 2 rings (SSSR count). The number of para-hydroxylation sites is 2. The number of carboxylic acid groups (broad SMARTS) is 1. The fourth-order valence-electron chi connectivity index (χ4n) is 3.25. The highest BCUT2D eigenvalue weighted by atomic mass is 16.6. The van der Waals surface area contributed by atoms with Gasteiger partial charge in [-0.25, -0.2) is 24.0 Å². The van der Waals surface area contributed by atoms with E-state index in [0.29, 0.717) is 11.5 Å². The Morgan fingerprint density at radius 2 is 0.962 bits per heavy atom.